The molecule has 2 aromatic carbocycles. The van der Waals surface area contributed by atoms with E-state index in [9.17, 15) is 9.90 Å². The molecule has 2 aromatic rings. The summed E-state index contributed by atoms with van der Waals surface area (Å²) in [7, 11) is 0. The fourth-order valence-electron chi connectivity index (χ4n) is 2.16. The molecule has 0 spiro atoms. The first-order chi connectivity index (χ1) is 10.8. The third kappa shape index (κ3) is 5.41. The van der Waals surface area contributed by atoms with E-state index < -0.39 is 5.97 Å². The molecule has 2 rings (SSSR count). The van der Waals surface area contributed by atoms with Gasteiger partial charge in [-0.25, -0.2) is 0 Å². The summed E-state index contributed by atoms with van der Waals surface area (Å²) in [5.74, 6) is -1.14. The lowest BCUT2D eigenvalue weighted by Gasteiger charge is -2.06. The topological polar surface area (TPSA) is 37.3 Å². The van der Waals surface area contributed by atoms with Crippen LogP contribution in [-0.4, -0.2) is 11.1 Å². The second kappa shape index (κ2) is 8.63. The van der Waals surface area contributed by atoms with Crippen LogP contribution in [0.5, 0.6) is 0 Å². The van der Waals surface area contributed by atoms with E-state index in [1.54, 1.807) is 0 Å². The van der Waals surface area contributed by atoms with Crippen molar-refractivity contribution in [1.82, 2.24) is 0 Å². The van der Waals surface area contributed by atoms with Crippen LogP contribution in [0.4, 0.5) is 0 Å². The molecule has 2 heteroatoms. The van der Waals surface area contributed by atoms with Gasteiger partial charge in [0.15, 0.2) is 0 Å². The number of hydrogen-bond donors (Lipinski definition) is 1. The molecule has 0 atom stereocenters. The van der Waals surface area contributed by atoms with E-state index in [2.05, 4.69) is 0 Å². The van der Waals surface area contributed by atoms with Crippen LogP contribution in [0, 0.1) is 5.92 Å². The smallest absolute Gasteiger partial charge is 0.307 e. The van der Waals surface area contributed by atoms with Crippen molar-refractivity contribution in [3.63, 3.8) is 0 Å². The molecule has 0 bridgehead atoms. The highest BCUT2D eigenvalue weighted by Crippen LogP contribution is 2.14. The first kappa shape index (κ1) is 15.8. The minimum atomic E-state index is -0.754. The van der Waals surface area contributed by atoms with Crippen LogP contribution in [-0.2, 0) is 4.79 Å². The summed E-state index contributed by atoms with van der Waals surface area (Å²) in [6.07, 6.45) is 8.87. The van der Waals surface area contributed by atoms with Gasteiger partial charge in [0.2, 0.25) is 0 Å². The van der Waals surface area contributed by atoms with Crippen LogP contribution in [0.1, 0.15) is 24.0 Å². The van der Waals surface area contributed by atoms with Crippen LogP contribution in [0.25, 0.3) is 12.2 Å². The van der Waals surface area contributed by atoms with Gasteiger partial charge in [-0.15, -0.1) is 0 Å². The molecule has 1 N–H and O–H groups in total. The normalized spacial score (nSPS) is 11.5. The number of rotatable bonds is 7. The summed E-state index contributed by atoms with van der Waals surface area (Å²) in [5.41, 5.74) is 2.18. The molecule has 0 aliphatic carbocycles. The van der Waals surface area contributed by atoms with Gasteiger partial charge in [-0.3, -0.25) is 4.79 Å². The van der Waals surface area contributed by atoms with E-state index >= 15 is 0 Å². The Morgan fingerprint density at radius 2 is 1.23 bits per heavy atom. The van der Waals surface area contributed by atoms with Crippen molar-refractivity contribution < 1.29 is 9.90 Å². The third-order valence-corrected chi connectivity index (χ3v) is 3.41. The molecule has 0 aliphatic heterocycles. The van der Waals surface area contributed by atoms with Crippen molar-refractivity contribution in [2.24, 2.45) is 5.92 Å². The monoisotopic (exact) mass is 292 g/mol. The number of carboxylic acids is 1. The number of benzene rings is 2. The van der Waals surface area contributed by atoms with Crippen molar-refractivity contribution in [3.8, 4) is 0 Å². The molecular formula is C20H20O2. The average molecular weight is 292 g/mol. The van der Waals surface area contributed by atoms with Gasteiger partial charge in [-0.05, 0) is 24.0 Å². The molecular weight excluding hydrogens is 272 g/mol. The molecule has 0 saturated heterocycles. The standard InChI is InChI=1S/C20H20O2/c21-20(22)19(15-7-13-17-9-3-1-4-10-17)16-8-14-18-11-5-2-6-12-18/h1-14,19H,15-16H2,(H,21,22)/b13-7+,14-8+. The summed E-state index contributed by atoms with van der Waals surface area (Å²) in [5, 5.41) is 9.30. The van der Waals surface area contributed by atoms with Crippen molar-refractivity contribution in [1.29, 1.82) is 0 Å². The van der Waals surface area contributed by atoms with Gasteiger partial charge >= 0.3 is 5.97 Å². The number of carboxylic acid groups (broad SMARTS) is 1. The van der Waals surface area contributed by atoms with E-state index in [1.165, 1.54) is 0 Å². The molecule has 0 unspecified atom stereocenters. The minimum Gasteiger partial charge on any atom is -0.481 e. The fourth-order valence-corrected chi connectivity index (χ4v) is 2.16. The average Bonchev–Trinajstić information content (AvgIpc) is 2.55. The number of carbonyl (C=O) groups is 1. The van der Waals surface area contributed by atoms with Crippen molar-refractivity contribution in [2.75, 3.05) is 0 Å². The molecule has 0 amide bonds. The van der Waals surface area contributed by atoms with Crippen LogP contribution < -0.4 is 0 Å². The first-order valence-electron chi connectivity index (χ1n) is 7.41. The van der Waals surface area contributed by atoms with Crippen LogP contribution in [0.2, 0.25) is 0 Å². The summed E-state index contributed by atoms with van der Waals surface area (Å²) < 4.78 is 0. The summed E-state index contributed by atoms with van der Waals surface area (Å²) in [6, 6.07) is 19.8. The maximum Gasteiger partial charge on any atom is 0.307 e. The number of aliphatic carboxylic acids is 1. The van der Waals surface area contributed by atoms with E-state index in [4.69, 9.17) is 0 Å². The van der Waals surface area contributed by atoms with Gasteiger partial charge in [0.1, 0.15) is 0 Å². The predicted molar refractivity (Wildman–Crippen MR) is 91.3 cm³/mol. The zero-order valence-electron chi connectivity index (χ0n) is 12.4. The summed E-state index contributed by atoms with van der Waals surface area (Å²) in [6.45, 7) is 0. The largest absolute Gasteiger partial charge is 0.481 e. The maximum absolute atomic E-state index is 11.3. The third-order valence-electron chi connectivity index (χ3n) is 3.41. The molecule has 0 aliphatic rings. The molecule has 0 aromatic heterocycles. The van der Waals surface area contributed by atoms with E-state index in [1.807, 2.05) is 85.0 Å². The van der Waals surface area contributed by atoms with E-state index in [0.717, 1.165) is 11.1 Å². The van der Waals surface area contributed by atoms with Gasteiger partial charge in [0, 0.05) is 0 Å². The van der Waals surface area contributed by atoms with Gasteiger partial charge < -0.3 is 5.11 Å². The zero-order chi connectivity index (χ0) is 15.6. The molecule has 22 heavy (non-hydrogen) atoms. The first-order valence-corrected chi connectivity index (χ1v) is 7.41. The highest BCUT2D eigenvalue weighted by molar-refractivity contribution is 5.71. The lowest BCUT2D eigenvalue weighted by molar-refractivity contribution is -0.141. The zero-order valence-corrected chi connectivity index (χ0v) is 12.4. The van der Waals surface area contributed by atoms with E-state index in [0.29, 0.717) is 12.8 Å². The Bertz CT molecular complexity index is 576. The Kier molecular flexibility index (Phi) is 6.18. The molecule has 0 saturated carbocycles. The lowest BCUT2D eigenvalue weighted by atomic mass is 10.00. The molecule has 0 fully saturated rings. The minimum absolute atomic E-state index is 0.389. The van der Waals surface area contributed by atoms with Crippen molar-refractivity contribution in [3.05, 3.63) is 83.9 Å². The Labute approximate surface area is 131 Å². The second-order valence-electron chi connectivity index (χ2n) is 5.13. The van der Waals surface area contributed by atoms with Crippen molar-refractivity contribution >= 4 is 18.1 Å². The Hall–Kier alpha value is -2.61. The van der Waals surface area contributed by atoms with Crippen LogP contribution in [0.3, 0.4) is 0 Å². The molecule has 0 heterocycles. The highest BCUT2D eigenvalue weighted by atomic mass is 16.4. The van der Waals surface area contributed by atoms with Gasteiger partial charge in [-0.1, -0.05) is 85.0 Å². The van der Waals surface area contributed by atoms with Crippen LogP contribution in [0.15, 0.2) is 72.8 Å². The second-order valence-corrected chi connectivity index (χ2v) is 5.13. The summed E-state index contributed by atoms with van der Waals surface area (Å²) in [4.78, 5) is 11.3. The summed E-state index contributed by atoms with van der Waals surface area (Å²) >= 11 is 0. The Morgan fingerprint density at radius 1 is 0.818 bits per heavy atom. The highest BCUT2D eigenvalue weighted by Gasteiger charge is 2.13. The Balaban J connectivity index is 1.89. The predicted octanol–water partition coefficient (Wildman–Crippen LogP) is 4.89. The lowest BCUT2D eigenvalue weighted by Crippen LogP contribution is -2.11. The van der Waals surface area contributed by atoms with Gasteiger partial charge in [0.05, 0.1) is 5.92 Å². The SMILES string of the molecule is O=C(O)C(C/C=C/c1ccccc1)C/C=C/c1ccccc1. The van der Waals surface area contributed by atoms with Crippen molar-refractivity contribution in [2.45, 2.75) is 12.8 Å². The maximum atomic E-state index is 11.3. The molecule has 0 radical (unpaired) electrons. The Morgan fingerprint density at radius 3 is 1.59 bits per heavy atom. The van der Waals surface area contributed by atoms with Crippen LogP contribution >= 0.6 is 0 Å². The van der Waals surface area contributed by atoms with Gasteiger partial charge in [-0.2, -0.15) is 0 Å². The quantitative estimate of drug-likeness (QED) is 0.788. The fraction of sp³-hybridized carbons (Fsp3) is 0.150. The van der Waals surface area contributed by atoms with Gasteiger partial charge in [0.25, 0.3) is 0 Å². The molecule has 2 nitrogen and oxygen atoms in total. The number of allylic oxidation sites excluding steroid dienone is 2. The molecule has 112 valence electrons. The van der Waals surface area contributed by atoms with E-state index in [-0.39, 0.29) is 5.92 Å². The number of hydrogen-bond acceptors (Lipinski definition) is 1.